The molecule has 0 spiro atoms. The number of ether oxygens (including phenoxy) is 1. The van der Waals surface area contributed by atoms with Crippen molar-refractivity contribution in [1.29, 1.82) is 0 Å². The average molecular weight is 434 g/mol. The maximum atomic E-state index is 12.4. The summed E-state index contributed by atoms with van der Waals surface area (Å²) >= 11 is 1.25. The maximum absolute atomic E-state index is 12.4. The fraction of sp³-hybridized carbons (Fsp3) is 0.0952. The molecule has 1 N–H and O–H groups in total. The molecule has 0 saturated heterocycles. The minimum atomic E-state index is -0.429. The summed E-state index contributed by atoms with van der Waals surface area (Å²) < 4.78 is 8.30. The molecular formula is C21H18N6O3S. The Morgan fingerprint density at radius 2 is 1.81 bits per heavy atom. The summed E-state index contributed by atoms with van der Waals surface area (Å²) in [6.07, 6.45) is 5.42. The zero-order chi connectivity index (χ0) is 21.6. The number of anilines is 1. The van der Waals surface area contributed by atoms with E-state index in [4.69, 9.17) is 0 Å². The van der Waals surface area contributed by atoms with Gasteiger partial charge in [-0.15, -0.1) is 10.2 Å². The van der Waals surface area contributed by atoms with Gasteiger partial charge in [-0.05, 0) is 48.5 Å². The number of hydrogen-bond acceptors (Lipinski definition) is 7. The van der Waals surface area contributed by atoms with Gasteiger partial charge in [-0.1, -0.05) is 17.8 Å². The average Bonchev–Trinajstić information content (AvgIpc) is 3.48. The van der Waals surface area contributed by atoms with E-state index in [1.54, 1.807) is 35.1 Å². The number of thioether (sulfide) groups is 1. The molecule has 1 aromatic carbocycles. The molecule has 3 heterocycles. The summed E-state index contributed by atoms with van der Waals surface area (Å²) in [7, 11) is 1.32. The minimum Gasteiger partial charge on any atom is -0.465 e. The third kappa shape index (κ3) is 4.64. The first-order chi connectivity index (χ1) is 15.2. The second-order valence-electron chi connectivity index (χ2n) is 6.30. The molecule has 31 heavy (non-hydrogen) atoms. The van der Waals surface area contributed by atoms with Crippen molar-refractivity contribution >= 4 is 29.3 Å². The first-order valence-electron chi connectivity index (χ1n) is 9.27. The second kappa shape index (κ2) is 9.26. The number of carbonyl (C=O) groups is 2. The molecule has 156 valence electrons. The number of nitrogens with zero attached hydrogens (tertiary/aromatic N) is 5. The molecule has 4 rings (SSSR count). The van der Waals surface area contributed by atoms with Crippen molar-refractivity contribution in [3.8, 4) is 11.5 Å². The van der Waals surface area contributed by atoms with Gasteiger partial charge in [-0.2, -0.15) is 0 Å². The van der Waals surface area contributed by atoms with E-state index < -0.39 is 5.97 Å². The van der Waals surface area contributed by atoms with Crippen molar-refractivity contribution in [3.05, 3.63) is 78.8 Å². The van der Waals surface area contributed by atoms with Crippen LogP contribution in [-0.4, -0.2) is 49.3 Å². The van der Waals surface area contributed by atoms with Gasteiger partial charge in [0.2, 0.25) is 16.9 Å². The van der Waals surface area contributed by atoms with Crippen molar-refractivity contribution in [2.45, 2.75) is 5.16 Å². The Morgan fingerprint density at radius 1 is 1.03 bits per heavy atom. The van der Waals surface area contributed by atoms with Crippen LogP contribution >= 0.6 is 11.8 Å². The van der Waals surface area contributed by atoms with Crippen molar-refractivity contribution in [2.75, 3.05) is 18.2 Å². The van der Waals surface area contributed by atoms with E-state index in [9.17, 15) is 9.59 Å². The third-order valence-corrected chi connectivity index (χ3v) is 5.17. The quantitative estimate of drug-likeness (QED) is 0.352. The number of carbonyl (C=O) groups excluding carboxylic acids is 2. The molecule has 3 aromatic heterocycles. The summed E-state index contributed by atoms with van der Waals surface area (Å²) in [6, 6.07) is 15.8. The van der Waals surface area contributed by atoms with Crippen molar-refractivity contribution < 1.29 is 14.3 Å². The van der Waals surface area contributed by atoms with Gasteiger partial charge in [-0.3, -0.25) is 14.5 Å². The number of esters is 1. The van der Waals surface area contributed by atoms with Crippen LogP contribution in [0.5, 0.6) is 0 Å². The van der Waals surface area contributed by atoms with E-state index in [1.807, 2.05) is 47.4 Å². The topological polar surface area (TPSA) is 104 Å². The molecule has 9 nitrogen and oxygen atoms in total. The number of amides is 1. The zero-order valence-corrected chi connectivity index (χ0v) is 17.3. The SMILES string of the molecule is COC(=O)c1ccc(NC(=O)CSc2nnc(-c3ccccn3)n2-n2cccc2)cc1. The number of nitrogens with one attached hydrogen (secondary N) is 1. The molecule has 0 unspecified atom stereocenters. The molecular weight excluding hydrogens is 416 g/mol. The molecule has 0 bridgehead atoms. The molecule has 0 fully saturated rings. The largest absolute Gasteiger partial charge is 0.465 e. The monoisotopic (exact) mass is 434 g/mol. The lowest BCUT2D eigenvalue weighted by Gasteiger charge is -2.11. The van der Waals surface area contributed by atoms with Gasteiger partial charge in [0, 0.05) is 24.3 Å². The Labute approximate surface area is 182 Å². The first kappa shape index (κ1) is 20.4. The Morgan fingerprint density at radius 3 is 2.48 bits per heavy atom. The zero-order valence-electron chi connectivity index (χ0n) is 16.5. The van der Waals surface area contributed by atoms with Gasteiger partial charge >= 0.3 is 5.97 Å². The molecule has 0 aliphatic carbocycles. The Kier molecular flexibility index (Phi) is 6.08. The lowest BCUT2D eigenvalue weighted by atomic mass is 10.2. The van der Waals surface area contributed by atoms with Crippen LogP contribution in [0.15, 0.2) is 78.3 Å². The van der Waals surface area contributed by atoms with E-state index in [-0.39, 0.29) is 11.7 Å². The van der Waals surface area contributed by atoms with Crippen molar-refractivity contribution in [3.63, 3.8) is 0 Å². The summed E-state index contributed by atoms with van der Waals surface area (Å²) in [5.41, 5.74) is 1.67. The predicted octanol–water partition coefficient (Wildman–Crippen LogP) is 2.97. The Bertz CT molecular complexity index is 1170. The van der Waals surface area contributed by atoms with Crippen LogP contribution in [0.3, 0.4) is 0 Å². The Balaban J connectivity index is 1.48. The van der Waals surface area contributed by atoms with Gasteiger partial charge in [0.15, 0.2) is 0 Å². The van der Waals surface area contributed by atoms with Crippen LogP contribution < -0.4 is 5.32 Å². The molecule has 0 atom stereocenters. The van der Waals surface area contributed by atoms with E-state index >= 15 is 0 Å². The van der Waals surface area contributed by atoms with Crippen molar-refractivity contribution in [2.24, 2.45) is 0 Å². The maximum Gasteiger partial charge on any atom is 0.337 e. The highest BCUT2D eigenvalue weighted by Crippen LogP contribution is 2.23. The van der Waals surface area contributed by atoms with Crippen LogP contribution in [-0.2, 0) is 9.53 Å². The van der Waals surface area contributed by atoms with E-state index in [1.165, 1.54) is 18.9 Å². The summed E-state index contributed by atoms with van der Waals surface area (Å²) in [5.74, 6) is 0.0530. The fourth-order valence-corrected chi connectivity index (χ4v) is 3.55. The lowest BCUT2D eigenvalue weighted by Crippen LogP contribution is -2.16. The van der Waals surface area contributed by atoms with Crippen LogP contribution in [0, 0.1) is 0 Å². The normalized spacial score (nSPS) is 10.6. The first-order valence-corrected chi connectivity index (χ1v) is 10.3. The van der Waals surface area contributed by atoms with Gasteiger partial charge < -0.3 is 10.1 Å². The molecule has 10 heteroatoms. The van der Waals surface area contributed by atoms with Crippen molar-refractivity contribution in [1.82, 2.24) is 24.5 Å². The van der Waals surface area contributed by atoms with Gasteiger partial charge in [0.25, 0.3) is 0 Å². The second-order valence-corrected chi connectivity index (χ2v) is 7.24. The number of rotatable bonds is 7. The van der Waals surface area contributed by atoms with Gasteiger partial charge in [-0.25, -0.2) is 9.47 Å². The fourth-order valence-electron chi connectivity index (χ4n) is 2.81. The number of aromatic nitrogens is 5. The number of benzene rings is 1. The highest BCUT2D eigenvalue weighted by molar-refractivity contribution is 7.99. The molecule has 0 aliphatic rings. The van der Waals surface area contributed by atoms with Crippen LogP contribution in [0.2, 0.25) is 0 Å². The highest BCUT2D eigenvalue weighted by atomic mass is 32.2. The third-order valence-electron chi connectivity index (χ3n) is 4.25. The van der Waals surface area contributed by atoms with E-state index in [0.717, 1.165) is 0 Å². The number of methoxy groups -OCH3 is 1. The lowest BCUT2D eigenvalue weighted by molar-refractivity contribution is -0.113. The summed E-state index contributed by atoms with van der Waals surface area (Å²) in [6.45, 7) is 0. The minimum absolute atomic E-state index is 0.125. The summed E-state index contributed by atoms with van der Waals surface area (Å²) in [4.78, 5) is 28.3. The van der Waals surface area contributed by atoms with Crippen LogP contribution in [0.1, 0.15) is 10.4 Å². The van der Waals surface area contributed by atoms with E-state index in [0.29, 0.717) is 27.9 Å². The Hall–Kier alpha value is -3.92. The smallest absolute Gasteiger partial charge is 0.337 e. The number of pyridine rings is 1. The van der Waals surface area contributed by atoms with Gasteiger partial charge in [0.05, 0.1) is 18.4 Å². The molecule has 0 saturated carbocycles. The predicted molar refractivity (Wildman–Crippen MR) is 116 cm³/mol. The molecule has 4 aromatic rings. The number of hydrogen-bond donors (Lipinski definition) is 1. The van der Waals surface area contributed by atoms with Gasteiger partial charge in [0.1, 0.15) is 5.69 Å². The van der Waals surface area contributed by atoms with Crippen LogP contribution in [0.25, 0.3) is 11.5 Å². The molecule has 0 aliphatic heterocycles. The summed E-state index contributed by atoms with van der Waals surface area (Å²) in [5, 5.41) is 11.9. The van der Waals surface area contributed by atoms with E-state index in [2.05, 4.69) is 25.2 Å². The van der Waals surface area contributed by atoms with Crippen LogP contribution in [0.4, 0.5) is 5.69 Å². The molecule has 0 radical (unpaired) electrons. The standard InChI is InChI=1S/C21H18N6O3S/c1-30-20(29)15-7-9-16(10-8-15)23-18(28)14-31-21-25-24-19(17-6-2-3-11-22-17)27(21)26-12-4-5-13-26/h2-13H,14H2,1H3,(H,23,28). The molecule has 1 amide bonds. The highest BCUT2D eigenvalue weighted by Gasteiger charge is 2.17.